The van der Waals surface area contributed by atoms with Gasteiger partial charge in [0.2, 0.25) is 10.0 Å². The van der Waals surface area contributed by atoms with Gasteiger partial charge >= 0.3 is 0 Å². The fraction of sp³-hybridized carbons (Fsp3) is 0.400. The number of hydrogen-bond acceptors (Lipinski definition) is 5. The highest BCUT2D eigenvalue weighted by Crippen LogP contribution is 2.24. The molecule has 3 rings (SSSR count). The molecule has 0 unspecified atom stereocenters. The molecular formula is C15H19N3O4S2. The van der Waals surface area contributed by atoms with E-state index in [4.69, 9.17) is 0 Å². The van der Waals surface area contributed by atoms with Crippen LogP contribution < -0.4 is 4.72 Å². The highest BCUT2D eigenvalue weighted by molar-refractivity contribution is 7.92. The molecule has 9 heteroatoms. The lowest BCUT2D eigenvalue weighted by molar-refractivity contribution is 0.561. The van der Waals surface area contributed by atoms with E-state index in [0.29, 0.717) is 17.8 Å². The van der Waals surface area contributed by atoms with Crippen LogP contribution in [0.2, 0.25) is 0 Å². The van der Waals surface area contributed by atoms with Gasteiger partial charge in [-0.25, -0.2) is 26.2 Å². The smallest absolute Gasteiger partial charge is 0.236 e. The lowest BCUT2D eigenvalue weighted by Crippen LogP contribution is -2.36. The van der Waals surface area contributed by atoms with E-state index in [0.717, 1.165) is 5.69 Å². The number of hydrogen-bond donors (Lipinski definition) is 1. The molecule has 0 spiro atoms. The molecule has 0 amide bonds. The molecule has 0 radical (unpaired) electrons. The van der Waals surface area contributed by atoms with Gasteiger partial charge in [0.05, 0.1) is 28.6 Å². The zero-order valence-corrected chi connectivity index (χ0v) is 15.1. The Morgan fingerprint density at radius 3 is 2.46 bits per heavy atom. The van der Waals surface area contributed by atoms with Crippen molar-refractivity contribution in [2.24, 2.45) is 0 Å². The van der Waals surface area contributed by atoms with E-state index in [1.165, 1.54) is 0 Å². The molecule has 7 nitrogen and oxygen atoms in total. The second-order valence-corrected chi connectivity index (χ2v) is 9.85. The number of rotatable bonds is 4. The molecule has 0 aliphatic carbocycles. The van der Waals surface area contributed by atoms with Crippen molar-refractivity contribution in [1.29, 1.82) is 0 Å². The van der Waals surface area contributed by atoms with E-state index in [1.807, 2.05) is 30.3 Å². The molecule has 1 aliphatic heterocycles. The summed E-state index contributed by atoms with van der Waals surface area (Å²) < 4.78 is 52.6. The first-order valence-corrected chi connectivity index (χ1v) is 10.8. The van der Waals surface area contributed by atoms with Crippen molar-refractivity contribution >= 4 is 19.9 Å². The molecule has 0 saturated carbocycles. The normalized spacial score (nSPS) is 20.3. The molecule has 1 saturated heterocycles. The first-order valence-electron chi connectivity index (χ1n) is 7.54. The van der Waals surface area contributed by atoms with E-state index in [2.05, 4.69) is 9.82 Å². The summed E-state index contributed by atoms with van der Waals surface area (Å²) in [7, 11) is -7.00. The Balaban J connectivity index is 1.96. The second kappa shape index (κ2) is 5.98. The summed E-state index contributed by atoms with van der Waals surface area (Å²) in [6.07, 6.45) is 0.298. The van der Waals surface area contributed by atoms with Gasteiger partial charge in [-0.05, 0) is 32.4 Å². The van der Waals surface area contributed by atoms with Crippen molar-refractivity contribution in [2.75, 3.05) is 11.5 Å². The first-order chi connectivity index (χ1) is 11.2. The lowest BCUT2D eigenvalue weighted by atomic mass is 10.3. The number of nitrogens with zero attached hydrogens (tertiary/aromatic N) is 2. The Labute approximate surface area is 141 Å². The van der Waals surface area contributed by atoms with Gasteiger partial charge in [-0.3, -0.25) is 0 Å². The second-order valence-electron chi connectivity index (χ2n) is 5.97. The number of para-hydroxylation sites is 1. The fourth-order valence-corrected chi connectivity index (χ4v) is 6.45. The summed E-state index contributed by atoms with van der Waals surface area (Å²) in [6.45, 7) is 3.32. The average molecular weight is 369 g/mol. The summed E-state index contributed by atoms with van der Waals surface area (Å²) >= 11 is 0. The van der Waals surface area contributed by atoms with Crippen LogP contribution in [0.4, 0.5) is 0 Å². The Kier molecular flexibility index (Phi) is 4.27. The van der Waals surface area contributed by atoms with Gasteiger partial charge in [-0.2, -0.15) is 5.10 Å². The summed E-state index contributed by atoms with van der Waals surface area (Å²) in [6, 6.07) is 8.66. The zero-order chi connectivity index (χ0) is 17.5. The topological polar surface area (TPSA) is 98.1 Å². The third kappa shape index (κ3) is 3.24. The SMILES string of the molecule is Cc1nn(-c2ccccc2)c(C)c1S(=O)(=O)N[C@@H]1CCS(=O)(=O)C1. The molecule has 1 atom stereocenters. The molecule has 2 aromatic rings. The summed E-state index contributed by atoms with van der Waals surface area (Å²) in [5.74, 6) is -0.140. The van der Waals surface area contributed by atoms with Gasteiger partial charge in [-0.1, -0.05) is 18.2 Å². The van der Waals surface area contributed by atoms with Crippen molar-refractivity contribution in [3.8, 4) is 5.69 Å². The maximum Gasteiger partial charge on any atom is 0.244 e. The third-order valence-corrected chi connectivity index (χ3v) is 7.59. The summed E-state index contributed by atoms with van der Waals surface area (Å²) in [5.41, 5.74) is 1.64. The van der Waals surface area contributed by atoms with Crippen LogP contribution in [0.15, 0.2) is 35.2 Å². The van der Waals surface area contributed by atoms with Crippen molar-refractivity contribution in [1.82, 2.24) is 14.5 Å². The number of sulfone groups is 1. The number of nitrogens with one attached hydrogen (secondary N) is 1. The van der Waals surface area contributed by atoms with Crippen LogP contribution in [0.5, 0.6) is 0 Å². The van der Waals surface area contributed by atoms with E-state index in [9.17, 15) is 16.8 Å². The highest BCUT2D eigenvalue weighted by atomic mass is 32.2. The zero-order valence-electron chi connectivity index (χ0n) is 13.4. The minimum absolute atomic E-state index is 0.0153. The van der Waals surface area contributed by atoms with Gasteiger partial charge in [0.15, 0.2) is 9.84 Å². The van der Waals surface area contributed by atoms with E-state index < -0.39 is 25.9 Å². The molecule has 2 heterocycles. The average Bonchev–Trinajstić information content (AvgIpc) is 2.98. The Hall–Kier alpha value is -1.71. The van der Waals surface area contributed by atoms with E-state index >= 15 is 0 Å². The lowest BCUT2D eigenvalue weighted by Gasteiger charge is -2.12. The monoisotopic (exact) mass is 369 g/mol. The number of aromatic nitrogens is 2. The minimum Gasteiger partial charge on any atom is -0.236 e. The summed E-state index contributed by atoms with van der Waals surface area (Å²) in [5, 5.41) is 4.33. The Morgan fingerprint density at radius 2 is 1.88 bits per heavy atom. The molecule has 1 fully saturated rings. The number of benzene rings is 1. The fourth-order valence-electron chi connectivity index (χ4n) is 3.00. The Bertz CT molecular complexity index is 964. The van der Waals surface area contributed by atoms with Crippen molar-refractivity contribution in [2.45, 2.75) is 31.2 Å². The van der Waals surface area contributed by atoms with Gasteiger partial charge in [0.25, 0.3) is 0 Å². The molecule has 1 aliphatic rings. The van der Waals surface area contributed by atoms with Crippen molar-refractivity contribution in [3.05, 3.63) is 41.7 Å². The number of aryl methyl sites for hydroxylation is 1. The van der Waals surface area contributed by atoms with Crippen LogP contribution in [-0.4, -0.2) is 44.2 Å². The van der Waals surface area contributed by atoms with Gasteiger partial charge < -0.3 is 0 Å². The van der Waals surface area contributed by atoms with Crippen molar-refractivity contribution in [3.63, 3.8) is 0 Å². The standard InChI is InChI=1S/C15H19N3O4S2/c1-11-15(12(2)18(16-11)14-6-4-3-5-7-14)24(21,22)17-13-8-9-23(19,20)10-13/h3-7,13,17H,8-10H2,1-2H3/t13-/m1/s1. The van der Waals surface area contributed by atoms with Gasteiger partial charge in [0.1, 0.15) is 4.90 Å². The summed E-state index contributed by atoms with van der Waals surface area (Å²) in [4.78, 5) is 0.107. The van der Waals surface area contributed by atoms with Crippen molar-refractivity contribution < 1.29 is 16.8 Å². The predicted molar refractivity (Wildman–Crippen MR) is 90.4 cm³/mol. The minimum atomic E-state index is -3.84. The van der Waals surface area contributed by atoms with Crippen LogP contribution in [0.1, 0.15) is 17.8 Å². The van der Waals surface area contributed by atoms with E-state index in [-0.39, 0.29) is 16.4 Å². The van der Waals surface area contributed by atoms with E-state index in [1.54, 1.807) is 18.5 Å². The number of sulfonamides is 1. The largest absolute Gasteiger partial charge is 0.244 e. The molecule has 1 N–H and O–H groups in total. The molecule has 1 aromatic carbocycles. The molecular weight excluding hydrogens is 350 g/mol. The van der Waals surface area contributed by atoms with Crippen LogP contribution in [-0.2, 0) is 19.9 Å². The highest BCUT2D eigenvalue weighted by Gasteiger charge is 2.33. The maximum atomic E-state index is 12.7. The molecule has 0 bridgehead atoms. The van der Waals surface area contributed by atoms with Crippen LogP contribution >= 0.6 is 0 Å². The first kappa shape index (κ1) is 17.1. The molecule has 130 valence electrons. The van der Waals surface area contributed by atoms with Crippen LogP contribution in [0, 0.1) is 13.8 Å². The van der Waals surface area contributed by atoms with Gasteiger partial charge in [-0.15, -0.1) is 0 Å². The molecule has 24 heavy (non-hydrogen) atoms. The third-order valence-electron chi connectivity index (χ3n) is 4.05. The maximum absolute atomic E-state index is 12.7. The van der Waals surface area contributed by atoms with Crippen LogP contribution in [0.3, 0.4) is 0 Å². The van der Waals surface area contributed by atoms with Gasteiger partial charge in [0, 0.05) is 6.04 Å². The molecule has 1 aromatic heterocycles. The van der Waals surface area contributed by atoms with Crippen LogP contribution in [0.25, 0.3) is 5.69 Å². The predicted octanol–water partition coefficient (Wildman–Crippen LogP) is 0.955. The Morgan fingerprint density at radius 1 is 1.21 bits per heavy atom. The quantitative estimate of drug-likeness (QED) is 0.865.